The summed E-state index contributed by atoms with van der Waals surface area (Å²) in [5, 5.41) is 10.6. The Balaban J connectivity index is 2.76. The summed E-state index contributed by atoms with van der Waals surface area (Å²) in [7, 11) is 0. The lowest BCUT2D eigenvalue weighted by Crippen LogP contribution is -1.94. The van der Waals surface area contributed by atoms with E-state index in [4.69, 9.17) is 0 Å². The molecule has 1 rings (SSSR count). The number of nitro benzene ring substituents is 1. The van der Waals surface area contributed by atoms with Crippen molar-refractivity contribution in [3.63, 3.8) is 0 Å². The number of benzene rings is 1. The van der Waals surface area contributed by atoms with Crippen LogP contribution in [0.3, 0.4) is 0 Å². The van der Waals surface area contributed by atoms with E-state index in [1.807, 2.05) is 6.07 Å². The van der Waals surface area contributed by atoms with Crippen molar-refractivity contribution in [3.8, 4) is 0 Å². The lowest BCUT2D eigenvalue weighted by molar-refractivity contribution is -0.384. The Labute approximate surface area is 103 Å². The van der Waals surface area contributed by atoms with Crippen LogP contribution in [0.1, 0.15) is 31.7 Å². The molecule has 4 heteroatoms. The van der Waals surface area contributed by atoms with Gasteiger partial charge in [0.25, 0.3) is 5.69 Å². The molecular formula is C11H14INO2. The van der Waals surface area contributed by atoms with E-state index in [2.05, 4.69) is 29.5 Å². The number of hydrogen-bond donors (Lipinski definition) is 0. The third-order valence-electron chi connectivity index (χ3n) is 2.29. The van der Waals surface area contributed by atoms with Gasteiger partial charge in [-0.2, -0.15) is 0 Å². The van der Waals surface area contributed by atoms with Crippen LogP contribution in [0.2, 0.25) is 0 Å². The number of nitrogens with zero attached hydrogens (tertiary/aromatic N) is 1. The maximum absolute atomic E-state index is 10.6. The molecule has 0 aromatic heterocycles. The van der Waals surface area contributed by atoms with Crippen molar-refractivity contribution in [3.05, 3.63) is 37.4 Å². The molecule has 0 saturated heterocycles. The summed E-state index contributed by atoms with van der Waals surface area (Å²) in [6, 6.07) is 5.07. The van der Waals surface area contributed by atoms with Gasteiger partial charge in [-0.05, 0) is 47.1 Å². The highest BCUT2D eigenvalue weighted by Crippen LogP contribution is 2.21. The number of nitro groups is 1. The van der Waals surface area contributed by atoms with Crippen LogP contribution in [0.5, 0.6) is 0 Å². The van der Waals surface area contributed by atoms with Crippen LogP contribution in [0.15, 0.2) is 18.2 Å². The third-order valence-corrected chi connectivity index (χ3v) is 3.34. The first-order valence-corrected chi connectivity index (χ1v) is 6.16. The van der Waals surface area contributed by atoms with Crippen LogP contribution in [0.25, 0.3) is 0 Å². The Morgan fingerprint density at radius 3 is 2.73 bits per heavy atom. The molecule has 0 aliphatic carbocycles. The largest absolute Gasteiger partial charge is 0.269 e. The van der Waals surface area contributed by atoms with Crippen LogP contribution >= 0.6 is 22.6 Å². The predicted octanol–water partition coefficient (Wildman–Crippen LogP) is 3.93. The molecule has 15 heavy (non-hydrogen) atoms. The molecule has 0 heterocycles. The van der Waals surface area contributed by atoms with Crippen molar-refractivity contribution < 1.29 is 4.92 Å². The van der Waals surface area contributed by atoms with Gasteiger partial charge in [0.05, 0.1) is 4.92 Å². The Morgan fingerprint density at radius 1 is 1.40 bits per heavy atom. The molecule has 1 aromatic carbocycles. The predicted molar refractivity (Wildman–Crippen MR) is 69.0 cm³/mol. The third kappa shape index (κ3) is 3.77. The quantitative estimate of drug-likeness (QED) is 0.357. The van der Waals surface area contributed by atoms with Gasteiger partial charge in [0.15, 0.2) is 0 Å². The molecule has 1 aromatic rings. The molecule has 0 fully saturated rings. The lowest BCUT2D eigenvalue weighted by atomic mass is 10.1. The number of non-ortho nitro benzene ring substituents is 1. The Bertz CT molecular complexity index is 352. The smallest absolute Gasteiger partial charge is 0.258 e. The zero-order valence-electron chi connectivity index (χ0n) is 8.70. The van der Waals surface area contributed by atoms with Gasteiger partial charge in [-0.1, -0.05) is 19.8 Å². The maximum atomic E-state index is 10.6. The van der Waals surface area contributed by atoms with E-state index < -0.39 is 0 Å². The first-order chi connectivity index (χ1) is 7.15. The van der Waals surface area contributed by atoms with Crippen molar-refractivity contribution in [2.75, 3.05) is 0 Å². The average Bonchev–Trinajstić information content (AvgIpc) is 2.20. The minimum Gasteiger partial charge on any atom is -0.258 e. The van der Waals surface area contributed by atoms with E-state index in [0.29, 0.717) is 0 Å². The van der Waals surface area contributed by atoms with E-state index >= 15 is 0 Å². The van der Waals surface area contributed by atoms with E-state index in [1.165, 1.54) is 12.8 Å². The Hall–Kier alpha value is -0.650. The number of hydrogen-bond acceptors (Lipinski definition) is 2. The van der Waals surface area contributed by atoms with Crippen LogP contribution in [0.4, 0.5) is 5.69 Å². The molecule has 0 atom stereocenters. The molecule has 0 spiro atoms. The maximum Gasteiger partial charge on any atom is 0.269 e. The Morgan fingerprint density at radius 2 is 2.13 bits per heavy atom. The number of unbranched alkanes of at least 4 members (excludes halogenated alkanes) is 2. The van der Waals surface area contributed by atoms with Gasteiger partial charge < -0.3 is 0 Å². The molecular weight excluding hydrogens is 305 g/mol. The molecule has 82 valence electrons. The second kappa shape index (κ2) is 6.05. The van der Waals surface area contributed by atoms with Crippen LogP contribution in [0, 0.1) is 13.7 Å². The van der Waals surface area contributed by atoms with Crippen molar-refractivity contribution >= 4 is 28.3 Å². The molecule has 0 aliphatic rings. The van der Waals surface area contributed by atoms with E-state index in [-0.39, 0.29) is 10.6 Å². The fourth-order valence-corrected chi connectivity index (χ4v) is 2.04. The lowest BCUT2D eigenvalue weighted by Gasteiger charge is -2.03. The molecule has 0 bridgehead atoms. The van der Waals surface area contributed by atoms with Gasteiger partial charge in [-0.25, -0.2) is 0 Å². The van der Waals surface area contributed by atoms with Gasteiger partial charge in [0, 0.05) is 15.7 Å². The first-order valence-electron chi connectivity index (χ1n) is 5.08. The monoisotopic (exact) mass is 319 g/mol. The van der Waals surface area contributed by atoms with Gasteiger partial charge in [0.1, 0.15) is 0 Å². The van der Waals surface area contributed by atoms with Gasteiger partial charge in [-0.15, -0.1) is 0 Å². The zero-order valence-corrected chi connectivity index (χ0v) is 10.9. The number of halogens is 1. The fourth-order valence-electron chi connectivity index (χ4n) is 1.43. The normalized spacial score (nSPS) is 10.3. The van der Waals surface area contributed by atoms with Gasteiger partial charge in [-0.3, -0.25) is 10.1 Å². The van der Waals surface area contributed by atoms with Gasteiger partial charge in [0.2, 0.25) is 0 Å². The van der Waals surface area contributed by atoms with Crippen molar-refractivity contribution in [1.29, 1.82) is 0 Å². The second-order valence-corrected chi connectivity index (χ2v) is 4.65. The minimum absolute atomic E-state index is 0.196. The van der Waals surface area contributed by atoms with Crippen LogP contribution in [-0.2, 0) is 6.42 Å². The summed E-state index contributed by atoms with van der Waals surface area (Å²) < 4.78 is 1.12. The molecule has 0 aliphatic heterocycles. The van der Waals surface area contributed by atoms with E-state index in [9.17, 15) is 10.1 Å². The van der Waals surface area contributed by atoms with E-state index in [0.717, 1.165) is 22.0 Å². The number of aryl methyl sites for hydroxylation is 1. The molecule has 0 saturated carbocycles. The van der Waals surface area contributed by atoms with Crippen molar-refractivity contribution in [1.82, 2.24) is 0 Å². The fraction of sp³-hybridized carbons (Fsp3) is 0.455. The standard InChI is InChI=1S/C11H14INO2/c1-2-3-4-5-9-8-10(13(14)15)6-7-11(9)12/h6-8H,2-5H2,1H3. The highest BCUT2D eigenvalue weighted by atomic mass is 127. The highest BCUT2D eigenvalue weighted by Gasteiger charge is 2.08. The summed E-state index contributed by atoms with van der Waals surface area (Å²) in [6.07, 6.45) is 4.39. The van der Waals surface area contributed by atoms with Crippen LogP contribution in [-0.4, -0.2) is 4.92 Å². The summed E-state index contributed by atoms with van der Waals surface area (Å²) in [6.45, 7) is 2.15. The molecule has 0 N–H and O–H groups in total. The average molecular weight is 319 g/mol. The number of rotatable bonds is 5. The van der Waals surface area contributed by atoms with Gasteiger partial charge >= 0.3 is 0 Å². The molecule has 0 radical (unpaired) electrons. The second-order valence-electron chi connectivity index (χ2n) is 3.49. The van der Waals surface area contributed by atoms with Crippen LogP contribution < -0.4 is 0 Å². The Kier molecular flexibility index (Phi) is 5.01. The topological polar surface area (TPSA) is 43.1 Å². The zero-order chi connectivity index (χ0) is 11.3. The summed E-state index contributed by atoms with van der Waals surface area (Å²) >= 11 is 2.23. The van der Waals surface area contributed by atoms with E-state index in [1.54, 1.807) is 12.1 Å². The first kappa shape index (κ1) is 12.4. The summed E-state index contributed by atoms with van der Waals surface area (Å²) in [4.78, 5) is 10.3. The summed E-state index contributed by atoms with van der Waals surface area (Å²) in [5.41, 5.74) is 1.29. The molecule has 0 unspecified atom stereocenters. The molecule has 0 amide bonds. The highest BCUT2D eigenvalue weighted by molar-refractivity contribution is 14.1. The van der Waals surface area contributed by atoms with Crippen molar-refractivity contribution in [2.24, 2.45) is 0 Å². The minimum atomic E-state index is -0.334. The molecule has 3 nitrogen and oxygen atoms in total. The SMILES string of the molecule is CCCCCc1cc([N+](=O)[O-])ccc1I. The van der Waals surface area contributed by atoms with Crippen molar-refractivity contribution in [2.45, 2.75) is 32.6 Å². The summed E-state index contributed by atoms with van der Waals surface area (Å²) in [5.74, 6) is 0.